The first-order valence-electron chi connectivity index (χ1n) is 7.46. The van der Waals surface area contributed by atoms with E-state index in [2.05, 4.69) is 10.6 Å². The van der Waals surface area contributed by atoms with Crippen molar-refractivity contribution >= 4 is 11.9 Å². The topological polar surface area (TPSA) is 78.4 Å². The first kappa shape index (κ1) is 16.7. The molecule has 0 aliphatic carbocycles. The number of amides is 1. The van der Waals surface area contributed by atoms with E-state index in [0.717, 1.165) is 11.1 Å². The van der Waals surface area contributed by atoms with Crippen molar-refractivity contribution < 1.29 is 14.7 Å². The van der Waals surface area contributed by atoms with E-state index >= 15 is 0 Å². The number of hydrogen-bond donors (Lipinski definition) is 3. The van der Waals surface area contributed by atoms with E-state index in [4.69, 9.17) is 0 Å². The maximum Gasteiger partial charge on any atom is 0.326 e. The van der Waals surface area contributed by atoms with Gasteiger partial charge in [-0.3, -0.25) is 4.79 Å². The van der Waals surface area contributed by atoms with Gasteiger partial charge in [-0.2, -0.15) is 0 Å². The van der Waals surface area contributed by atoms with Crippen molar-refractivity contribution in [1.29, 1.82) is 0 Å². The molecule has 0 heterocycles. The maximum absolute atomic E-state index is 11.9. The molecular weight excluding hydrogens is 292 g/mol. The third-order valence-corrected chi connectivity index (χ3v) is 3.37. The van der Waals surface area contributed by atoms with Crippen molar-refractivity contribution in [3.63, 3.8) is 0 Å². The third kappa shape index (κ3) is 5.92. The molecule has 1 atom stereocenters. The van der Waals surface area contributed by atoms with Crippen LogP contribution in [0.25, 0.3) is 0 Å². The van der Waals surface area contributed by atoms with Crippen LogP contribution in [0.1, 0.15) is 11.1 Å². The zero-order valence-electron chi connectivity index (χ0n) is 12.7. The fourth-order valence-corrected chi connectivity index (χ4v) is 2.21. The fraction of sp³-hybridized carbons (Fsp3) is 0.222. The molecule has 1 amide bonds. The molecule has 0 bridgehead atoms. The molecule has 0 spiro atoms. The number of benzene rings is 2. The Morgan fingerprint density at radius 1 is 0.913 bits per heavy atom. The highest BCUT2D eigenvalue weighted by Crippen LogP contribution is 2.03. The lowest BCUT2D eigenvalue weighted by atomic mass is 10.1. The van der Waals surface area contributed by atoms with Gasteiger partial charge in [0.15, 0.2) is 0 Å². The van der Waals surface area contributed by atoms with Crippen LogP contribution >= 0.6 is 0 Å². The van der Waals surface area contributed by atoms with Crippen LogP contribution in [0.5, 0.6) is 0 Å². The highest BCUT2D eigenvalue weighted by Gasteiger charge is 2.19. The number of aliphatic carboxylic acids is 1. The molecule has 3 N–H and O–H groups in total. The number of carboxylic acid groups (broad SMARTS) is 1. The van der Waals surface area contributed by atoms with Gasteiger partial charge in [0.2, 0.25) is 5.91 Å². The van der Waals surface area contributed by atoms with Gasteiger partial charge in [0.05, 0.1) is 6.54 Å². The number of nitrogens with one attached hydrogen (secondary N) is 2. The van der Waals surface area contributed by atoms with Crippen molar-refractivity contribution in [3.05, 3.63) is 71.8 Å². The third-order valence-electron chi connectivity index (χ3n) is 3.37. The number of rotatable bonds is 8. The first-order valence-corrected chi connectivity index (χ1v) is 7.46. The molecule has 2 rings (SSSR count). The Bertz CT molecular complexity index is 629. The zero-order valence-corrected chi connectivity index (χ0v) is 12.7. The van der Waals surface area contributed by atoms with E-state index in [-0.39, 0.29) is 18.9 Å². The summed E-state index contributed by atoms with van der Waals surface area (Å²) in [7, 11) is 0. The van der Waals surface area contributed by atoms with Gasteiger partial charge in [-0.25, -0.2) is 4.79 Å². The van der Waals surface area contributed by atoms with Crippen LogP contribution in [-0.4, -0.2) is 29.6 Å². The molecule has 0 saturated heterocycles. The Balaban J connectivity index is 1.80. The molecular formula is C18H20N2O3. The van der Waals surface area contributed by atoms with Crippen molar-refractivity contribution in [2.75, 3.05) is 6.54 Å². The Kier molecular flexibility index (Phi) is 6.32. The average Bonchev–Trinajstić information content (AvgIpc) is 2.56. The normalized spacial score (nSPS) is 11.7. The lowest BCUT2D eigenvalue weighted by Gasteiger charge is -2.15. The van der Waals surface area contributed by atoms with Gasteiger partial charge < -0.3 is 15.7 Å². The lowest BCUT2D eigenvalue weighted by Crippen LogP contribution is -2.45. The Labute approximate surface area is 135 Å². The minimum Gasteiger partial charge on any atom is -0.480 e. The highest BCUT2D eigenvalue weighted by molar-refractivity contribution is 5.84. The molecule has 0 aromatic heterocycles. The van der Waals surface area contributed by atoms with Crippen LogP contribution in [0.2, 0.25) is 0 Å². The SMILES string of the molecule is O=C(CNCc1ccccc1)NC(Cc1ccccc1)C(=O)O. The summed E-state index contributed by atoms with van der Waals surface area (Å²) in [6.07, 6.45) is 0.264. The largest absolute Gasteiger partial charge is 0.480 e. The van der Waals surface area contributed by atoms with Gasteiger partial charge >= 0.3 is 5.97 Å². The van der Waals surface area contributed by atoms with E-state index < -0.39 is 12.0 Å². The second kappa shape index (κ2) is 8.70. The fourth-order valence-electron chi connectivity index (χ4n) is 2.21. The van der Waals surface area contributed by atoms with E-state index in [1.165, 1.54) is 0 Å². The van der Waals surface area contributed by atoms with Crippen LogP contribution < -0.4 is 10.6 Å². The Hall–Kier alpha value is -2.66. The van der Waals surface area contributed by atoms with Gasteiger partial charge in [-0.15, -0.1) is 0 Å². The summed E-state index contributed by atoms with van der Waals surface area (Å²) in [5.74, 6) is -1.37. The molecule has 2 aromatic carbocycles. The summed E-state index contributed by atoms with van der Waals surface area (Å²) < 4.78 is 0. The smallest absolute Gasteiger partial charge is 0.326 e. The Morgan fingerprint density at radius 3 is 2.04 bits per heavy atom. The number of carboxylic acids is 1. The molecule has 0 aliphatic heterocycles. The predicted molar refractivity (Wildman–Crippen MR) is 87.9 cm³/mol. The van der Waals surface area contributed by atoms with Crippen LogP contribution in [0.15, 0.2) is 60.7 Å². The van der Waals surface area contributed by atoms with E-state index in [1.54, 1.807) is 0 Å². The molecule has 0 saturated carbocycles. The summed E-state index contributed by atoms with van der Waals surface area (Å²) in [5, 5.41) is 14.8. The maximum atomic E-state index is 11.9. The average molecular weight is 312 g/mol. The second-order valence-corrected chi connectivity index (χ2v) is 5.24. The van der Waals surface area contributed by atoms with Crippen LogP contribution in [0.4, 0.5) is 0 Å². The van der Waals surface area contributed by atoms with Gasteiger partial charge in [0.25, 0.3) is 0 Å². The van der Waals surface area contributed by atoms with E-state index in [9.17, 15) is 14.7 Å². The van der Waals surface area contributed by atoms with E-state index in [1.807, 2.05) is 60.7 Å². The predicted octanol–water partition coefficient (Wildman–Crippen LogP) is 1.59. The van der Waals surface area contributed by atoms with Gasteiger partial charge in [-0.1, -0.05) is 60.7 Å². The molecule has 23 heavy (non-hydrogen) atoms. The van der Waals surface area contributed by atoms with Crippen LogP contribution in [0.3, 0.4) is 0 Å². The lowest BCUT2D eigenvalue weighted by molar-refractivity contribution is -0.141. The molecule has 5 heteroatoms. The summed E-state index contributed by atoms with van der Waals surface area (Å²) >= 11 is 0. The first-order chi connectivity index (χ1) is 11.1. The van der Waals surface area contributed by atoms with E-state index in [0.29, 0.717) is 6.54 Å². The van der Waals surface area contributed by atoms with Crippen molar-refractivity contribution in [3.8, 4) is 0 Å². The van der Waals surface area contributed by atoms with Crippen LogP contribution in [0, 0.1) is 0 Å². The summed E-state index contributed by atoms with van der Waals surface area (Å²) in [5.41, 5.74) is 1.94. The minimum atomic E-state index is -1.04. The van der Waals surface area contributed by atoms with Crippen molar-refractivity contribution in [2.24, 2.45) is 0 Å². The number of carbonyl (C=O) groups is 2. The zero-order chi connectivity index (χ0) is 16.5. The number of hydrogen-bond acceptors (Lipinski definition) is 3. The van der Waals surface area contributed by atoms with Crippen molar-refractivity contribution in [1.82, 2.24) is 10.6 Å². The standard InChI is InChI=1S/C18H20N2O3/c21-17(13-19-12-15-9-5-2-6-10-15)20-16(18(22)23)11-14-7-3-1-4-8-14/h1-10,16,19H,11-13H2,(H,20,21)(H,22,23). The minimum absolute atomic E-state index is 0.0768. The van der Waals surface area contributed by atoms with Gasteiger partial charge in [-0.05, 0) is 11.1 Å². The molecule has 120 valence electrons. The van der Waals surface area contributed by atoms with Gasteiger partial charge in [0, 0.05) is 13.0 Å². The molecule has 0 radical (unpaired) electrons. The van der Waals surface area contributed by atoms with Crippen LogP contribution in [-0.2, 0) is 22.6 Å². The van der Waals surface area contributed by atoms with Gasteiger partial charge in [0.1, 0.15) is 6.04 Å². The monoisotopic (exact) mass is 312 g/mol. The molecule has 0 fully saturated rings. The second-order valence-electron chi connectivity index (χ2n) is 5.24. The summed E-state index contributed by atoms with van der Waals surface area (Å²) in [4.78, 5) is 23.2. The summed E-state index contributed by atoms with van der Waals surface area (Å²) in [6, 6.07) is 18.0. The number of carbonyl (C=O) groups excluding carboxylic acids is 1. The quantitative estimate of drug-likeness (QED) is 0.692. The summed E-state index contributed by atoms with van der Waals surface area (Å²) in [6.45, 7) is 0.637. The molecule has 5 nitrogen and oxygen atoms in total. The molecule has 1 unspecified atom stereocenters. The molecule has 0 aliphatic rings. The van der Waals surface area contributed by atoms with Crippen molar-refractivity contribution in [2.45, 2.75) is 19.0 Å². The highest BCUT2D eigenvalue weighted by atomic mass is 16.4. The molecule has 2 aromatic rings. The Morgan fingerprint density at radius 2 is 1.48 bits per heavy atom.